The fourth-order valence-corrected chi connectivity index (χ4v) is 7.25. The van der Waals surface area contributed by atoms with E-state index in [0.717, 1.165) is 77.0 Å². The van der Waals surface area contributed by atoms with Crippen molar-refractivity contribution in [2.75, 3.05) is 6.61 Å². The number of nitrogens with one attached hydrogen (secondary N) is 1. The van der Waals surface area contributed by atoms with Crippen LogP contribution in [0.3, 0.4) is 0 Å². The zero-order valence-electron chi connectivity index (χ0n) is 38.0. The SMILES string of the molecule is CCCCC/C=C\C=C/CCCCCCCC(O)C(=O)NC(CO)C(O)C(O)CCC/C=C/CC/C=C/CC/C=C/CCCCCCCCCCCCCCCCC. The second-order valence-corrected chi connectivity index (χ2v) is 16.8. The Morgan fingerprint density at radius 1 is 0.431 bits per heavy atom. The molecule has 6 nitrogen and oxygen atoms in total. The Morgan fingerprint density at radius 2 is 0.776 bits per heavy atom. The summed E-state index contributed by atoms with van der Waals surface area (Å²) in [6.45, 7) is 4.00. The summed E-state index contributed by atoms with van der Waals surface area (Å²) in [6, 6.07) is -1.02. The van der Waals surface area contributed by atoms with Gasteiger partial charge in [0.05, 0.1) is 18.8 Å². The zero-order chi connectivity index (χ0) is 42.4. The van der Waals surface area contributed by atoms with Crippen molar-refractivity contribution in [2.45, 2.75) is 257 Å². The van der Waals surface area contributed by atoms with Crippen molar-refractivity contribution >= 4 is 5.91 Å². The van der Waals surface area contributed by atoms with Gasteiger partial charge in [-0.1, -0.05) is 203 Å². The number of unbranched alkanes of at least 4 members (excludes halogenated alkanes) is 26. The van der Waals surface area contributed by atoms with E-state index in [-0.39, 0.29) is 0 Å². The molecule has 1 amide bonds. The van der Waals surface area contributed by atoms with E-state index in [1.54, 1.807) is 0 Å². The molecule has 58 heavy (non-hydrogen) atoms. The third-order valence-corrected chi connectivity index (χ3v) is 11.2. The van der Waals surface area contributed by atoms with Crippen LogP contribution in [0.25, 0.3) is 0 Å². The van der Waals surface area contributed by atoms with Crippen molar-refractivity contribution in [1.82, 2.24) is 5.32 Å². The van der Waals surface area contributed by atoms with Gasteiger partial charge in [0, 0.05) is 0 Å². The van der Waals surface area contributed by atoms with Crippen LogP contribution in [0.5, 0.6) is 0 Å². The standard InChI is InChI=1S/C52H95NO5/c1-3-5-7-9-11-13-15-17-19-20-21-22-23-24-25-26-27-28-29-30-31-32-34-35-37-39-41-43-45-49(55)51(57)48(47-54)53-52(58)50(56)46-44-42-40-38-36-33-18-16-14-12-10-8-6-4-2/h12,14,16,18,27-28,31-32,37,39,48-51,54-57H,3-11,13,15,17,19-26,29-30,33-36,38,40-47H2,1-2H3,(H,53,58)/b14-12-,18-16-,28-27+,32-31+,39-37+. The van der Waals surface area contributed by atoms with Gasteiger partial charge < -0.3 is 25.7 Å². The Morgan fingerprint density at radius 3 is 1.22 bits per heavy atom. The summed E-state index contributed by atoms with van der Waals surface area (Å²) in [6.07, 6.45) is 58.4. The van der Waals surface area contributed by atoms with Crippen LogP contribution < -0.4 is 5.32 Å². The van der Waals surface area contributed by atoms with E-state index in [4.69, 9.17) is 0 Å². The minimum atomic E-state index is -1.30. The van der Waals surface area contributed by atoms with E-state index in [1.165, 1.54) is 122 Å². The van der Waals surface area contributed by atoms with Gasteiger partial charge in [-0.15, -0.1) is 0 Å². The van der Waals surface area contributed by atoms with Crippen LogP contribution >= 0.6 is 0 Å². The Balaban J connectivity index is 3.77. The van der Waals surface area contributed by atoms with Crippen molar-refractivity contribution in [3.05, 3.63) is 60.8 Å². The molecule has 338 valence electrons. The molecular formula is C52H95NO5. The summed E-state index contributed by atoms with van der Waals surface area (Å²) < 4.78 is 0. The summed E-state index contributed by atoms with van der Waals surface area (Å²) in [5.41, 5.74) is 0. The Labute approximate surface area is 359 Å². The Bertz CT molecular complexity index is 1000. The number of rotatable bonds is 44. The van der Waals surface area contributed by atoms with E-state index < -0.39 is 36.9 Å². The van der Waals surface area contributed by atoms with Gasteiger partial charge in [0.2, 0.25) is 5.91 Å². The average Bonchev–Trinajstić information content (AvgIpc) is 3.23. The fourth-order valence-electron chi connectivity index (χ4n) is 7.25. The molecule has 6 heteroatoms. The maximum atomic E-state index is 12.5. The highest BCUT2D eigenvalue weighted by Crippen LogP contribution is 2.15. The molecule has 0 aliphatic heterocycles. The fraction of sp³-hybridized carbons (Fsp3) is 0.788. The first-order valence-corrected chi connectivity index (χ1v) is 24.7. The van der Waals surface area contributed by atoms with Gasteiger partial charge in [0.25, 0.3) is 0 Å². The van der Waals surface area contributed by atoms with Gasteiger partial charge in [0.15, 0.2) is 0 Å². The predicted octanol–water partition coefficient (Wildman–Crippen LogP) is 13.6. The van der Waals surface area contributed by atoms with Crippen molar-refractivity contribution in [2.24, 2.45) is 0 Å². The maximum absolute atomic E-state index is 12.5. The molecule has 0 aliphatic carbocycles. The molecule has 0 bridgehead atoms. The van der Waals surface area contributed by atoms with Crippen molar-refractivity contribution in [3.63, 3.8) is 0 Å². The lowest BCUT2D eigenvalue weighted by Gasteiger charge is -2.27. The van der Waals surface area contributed by atoms with Gasteiger partial charge in [-0.3, -0.25) is 4.79 Å². The van der Waals surface area contributed by atoms with E-state index in [1.807, 2.05) is 0 Å². The molecule has 0 radical (unpaired) electrons. The Kier molecular flexibility index (Phi) is 44.5. The smallest absolute Gasteiger partial charge is 0.249 e. The zero-order valence-corrected chi connectivity index (χ0v) is 38.0. The largest absolute Gasteiger partial charge is 0.394 e. The Hall–Kier alpha value is -1.99. The number of carbonyl (C=O) groups excluding carboxylic acids is 1. The van der Waals surface area contributed by atoms with E-state index in [0.29, 0.717) is 19.3 Å². The first-order valence-electron chi connectivity index (χ1n) is 24.7. The lowest BCUT2D eigenvalue weighted by Crippen LogP contribution is -2.53. The third-order valence-electron chi connectivity index (χ3n) is 11.2. The molecule has 0 spiro atoms. The molecule has 0 aromatic rings. The molecule has 0 aliphatic rings. The first kappa shape index (κ1) is 56.0. The number of aliphatic hydroxyl groups excluding tert-OH is 4. The van der Waals surface area contributed by atoms with Crippen LogP contribution in [0.4, 0.5) is 0 Å². The minimum absolute atomic E-state index is 0.338. The molecule has 0 rings (SSSR count). The van der Waals surface area contributed by atoms with Gasteiger partial charge in [-0.2, -0.15) is 0 Å². The monoisotopic (exact) mass is 814 g/mol. The predicted molar refractivity (Wildman–Crippen MR) is 251 cm³/mol. The van der Waals surface area contributed by atoms with Gasteiger partial charge in [-0.05, 0) is 89.9 Å². The van der Waals surface area contributed by atoms with Crippen molar-refractivity contribution < 1.29 is 25.2 Å². The van der Waals surface area contributed by atoms with Gasteiger partial charge in [-0.25, -0.2) is 0 Å². The molecule has 5 N–H and O–H groups in total. The van der Waals surface area contributed by atoms with Crippen molar-refractivity contribution in [3.8, 4) is 0 Å². The van der Waals surface area contributed by atoms with Crippen LogP contribution in [-0.4, -0.2) is 57.3 Å². The summed E-state index contributed by atoms with van der Waals surface area (Å²) in [5.74, 6) is -0.614. The second kappa shape index (κ2) is 46.1. The molecule has 0 heterocycles. The lowest BCUT2D eigenvalue weighted by atomic mass is 10.00. The van der Waals surface area contributed by atoms with Crippen LogP contribution in [0.2, 0.25) is 0 Å². The van der Waals surface area contributed by atoms with Crippen LogP contribution in [0.1, 0.15) is 232 Å². The summed E-state index contributed by atoms with van der Waals surface area (Å²) in [4.78, 5) is 12.5. The molecule has 4 unspecified atom stereocenters. The second-order valence-electron chi connectivity index (χ2n) is 16.8. The average molecular weight is 814 g/mol. The lowest BCUT2D eigenvalue weighted by molar-refractivity contribution is -0.132. The van der Waals surface area contributed by atoms with Crippen LogP contribution in [0.15, 0.2) is 60.8 Å². The van der Waals surface area contributed by atoms with Crippen molar-refractivity contribution in [1.29, 1.82) is 0 Å². The van der Waals surface area contributed by atoms with Gasteiger partial charge >= 0.3 is 0 Å². The maximum Gasteiger partial charge on any atom is 0.249 e. The highest BCUT2D eigenvalue weighted by atomic mass is 16.3. The van der Waals surface area contributed by atoms with E-state index in [9.17, 15) is 25.2 Å². The number of hydrogen-bond acceptors (Lipinski definition) is 5. The highest BCUT2D eigenvalue weighted by molar-refractivity contribution is 5.80. The molecule has 0 aromatic carbocycles. The molecule has 0 saturated carbocycles. The highest BCUT2D eigenvalue weighted by Gasteiger charge is 2.28. The van der Waals surface area contributed by atoms with Gasteiger partial charge in [0.1, 0.15) is 12.2 Å². The molecule has 0 aromatic heterocycles. The van der Waals surface area contributed by atoms with Crippen LogP contribution in [0, 0.1) is 0 Å². The van der Waals surface area contributed by atoms with E-state index in [2.05, 4.69) is 79.9 Å². The topological polar surface area (TPSA) is 110 Å². The summed E-state index contributed by atoms with van der Waals surface area (Å²) in [5, 5.41) is 43.7. The third kappa shape index (κ3) is 39.5. The van der Waals surface area contributed by atoms with Crippen LogP contribution in [-0.2, 0) is 4.79 Å². The molecule has 0 saturated heterocycles. The minimum Gasteiger partial charge on any atom is -0.394 e. The summed E-state index contributed by atoms with van der Waals surface area (Å²) >= 11 is 0. The number of allylic oxidation sites excluding steroid dienone is 10. The number of amides is 1. The quantitative estimate of drug-likeness (QED) is 0.0239. The van der Waals surface area contributed by atoms with E-state index >= 15 is 0 Å². The molecule has 0 fully saturated rings. The molecular weight excluding hydrogens is 719 g/mol. The number of hydrogen-bond donors (Lipinski definition) is 5. The summed E-state index contributed by atoms with van der Waals surface area (Å²) in [7, 11) is 0. The normalized spacial score (nSPS) is 14.5. The first-order chi connectivity index (χ1) is 28.5. The number of aliphatic hydroxyl groups is 4. The number of carbonyl (C=O) groups is 1. The molecule has 4 atom stereocenters.